The third kappa shape index (κ3) is 5.74. The van der Waals surface area contributed by atoms with Crippen molar-refractivity contribution >= 4 is 15.7 Å². The van der Waals surface area contributed by atoms with Crippen molar-refractivity contribution in [2.45, 2.75) is 24.7 Å². The fourth-order valence-electron chi connectivity index (χ4n) is 1.46. The molecule has 0 spiro atoms. The summed E-state index contributed by atoms with van der Waals surface area (Å²) in [5.74, 6) is 0.593. The second-order valence-electron chi connectivity index (χ2n) is 4.19. The molecule has 6 heteroatoms. The van der Waals surface area contributed by atoms with Gasteiger partial charge in [-0.25, -0.2) is 8.42 Å². The molecule has 0 aromatic heterocycles. The topological polar surface area (TPSA) is 72.5 Å². The number of hydrogen-bond acceptors (Lipinski definition) is 4. The van der Waals surface area contributed by atoms with E-state index in [2.05, 4.69) is 5.32 Å². The Hall–Kier alpha value is -1.56. The van der Waals surface area contributed by atoms with Crippen LogP contribution in [0.4, 0.5) is 0 Å². The minimum atomic E-state index is -3.17. The van der Waals surface area contributed by atoms with Crippen LogP contribution in [-0.4, -0.2) is 33.7 Å². The van der Waals surface area contributed by atoms with Crippen LogP contribution in [0.3, 0.4) is 0 Å². The third-order valence-electron chi connectivity index (χ3n) is 2.42. The molecular weight excluding hydrogens is 266 g/mol. The molecule has 0 aliphatic carbocycles. The summed E-state index contributed by atoms with van der Waals surface area (Å²) in [7, 11) is -3.17. The zero-order valence-electron chi connectivity index (χ0n) is 11.2. The summed E-state index contributed by atoms with van der Waals surface area (Å²) in [5, 5.41) is 2.73. The summed E-state index contributed by atoms with van der Waals surface area (Å²) >= 11 is 0. The zero-order valence-corrected chi connectivity index (χ0v) is 12.0. The highest BCUT2D eigenvalue weighted by Gasteiger charge is 2.06. The van der Waals surface area contributed by atoms with Gasteiger partial charge in [0, 0.05) is 12.7 Å². The largest absolute Gasteiger partial charge is 0.492 e. The molecule has 1 aromatic rings. The van der Waals surface area contributed by atoms with Gasteiger partial charge in [-0.05, 0) is 30.7 Å². The molecular formula is C13H19NO4S. The van der Waals surface area contributed by atoms with Gasteiger partial charge in [0.25, 0.3) is 0 Å². The lowest BCUT2D eigenvalue weighted by atomic mass is 10.3. The van der Waals surface area contributed by atoms with Gasteiger partial charge in [-0.2, -0.15) is 0 Å². The molecule has 0 aliphatic rings. The van der Waals surface area contributed by atoms with Crippen molar-refractivity contribution in [3.05, 3.63) is 24.3 Å². The van der Waals surface area contributed by atoms with Crippen LogP contribution >= 0.6 is 0 Å². The number of nitrogens with one attached hydrogen (secondary N) is 1. The SMILES string of the molecule is CCCC(=O)NCCOc1ccc(S(C)(=O)=O)cc1. The molecule has 0 aliphatic heterocycles. The average Bonchev–Trinajstić information content (AvgIpc) is 2.34. The average molecular weight is 285 g/mol. The number of benzene rings is 1. The number of sulfone groups is 1. The van der Waals surface area contributed by atoms with E-state index in [4.69, 9.17) is 4.74 Å². The molecule has 0 bridgehead atoms. The van der Waals surface area contributed by atoms with Crippen LogP contribution in [0.25, 0.3) is 0 Å². The van der Waals surface area contributed by atoms with Crippen LogP contribution in [0.15, 0.2) is 29.2 Å². The fourth-order valence-corrected chi connectivity index (χ4v) is 2.09. The molecule has 106 valence electrons. The van der Waals surface area contributed by atoms with E-state index in [9.17, 15) is 13.2 Å². The van der Waals surface area contributed by atoms with Crippen LogP contribution < -0.4 is 10.1 Å². The number of amides is 1. The molecule has 19 heavy (non-hydrogen) atoms. The standard InChI is InChI=1S/C13H19NO4S/c1-3-4-13(15)14-9-10-18-11-5-7-12(8-6-11)19(2,16)17/h5-8H,3-4,9-10H2,1-2H3,(H,14,15). The molecule has 0 atom stereocenters. The molecule has 0 unspecified atom stereocenters. The van der Waals surface area contributed by atoms with Crippen molar-refractivity contribution in [2.75, 3.05) is 19.4 Å². The highest BCUT2D eigenvalue weighted by atomic mass is 32.2. The first kappa shape index (κ1) is 15.5. The minimum absolute atomic E-state index is 0.0125. The molecule has 5 nitrogen and oxygen atoms in total. The quantitative estimate of drug-likeness (QED) is 0.768. The van der Waals surface area contributed by atoms with Crippen LogP contribution in [0.2, 0.25) is 0 Å². The molecule has 0 saturated carbocycles. The maximum Gasteiger partial charge on any atom is 0.220 e. The van der Waals surface area contributed by atoms with Gasteiger partial charge in [0.15, 0.2) is 9.84 Å². The number of rotatable bonds is 7. The van der Waals surface area contributed by atoms with Crippen LogP contribution in [0.5, 0.6) is 5.75 Å². The lowest BCUT2D eigenvalue weighted by molar-refractivity contribution is -0.121. The van der Waals surface area contributed by atoms with E-state index in [-0.39, 0.29) is 10.8 Å². The Morgan fingerprint density at radius 2 is 1.89 bits per heavy atom. The first-order chi connectivity index (χ1) is 8.93. The normalized spacial score (nSPS) is 11.1. The Balaban J connectivity index is 2.37. The van der Waals surface area contributed by atoms with Crippen LogP contribution in [0, 0.1) is 0 Å². The predicted octanol–water partition coefficient (Wildman–Crippen LogP) is 1.39. The van der Waals surface area contributed by atoms with Crippen molar-refractivity contribution in [3.63, 3.8) is 0 Å². The van der Waals surface area contributed by atoms with Gasteiger partial charge < -0.3 is 10.1 Å². The molecule has 0 heterocycles. The Bertz CT molecular complexity index is 508. The highest BCUT2D eigenvalue weighted by Crippen LogP contribution is 2.15. The summed E-state index contributed by atoms with van der Waals surface area (Å²) in [5.41, 5.74) is 0. The van der Waals surface area contributed by atoms with Crippen molar-refractivity contribution in [1.29, 1.82) is 0 Å². The highest BCUT2D eigenvalue weighted by molar-refractivity contribution is 7.90. The monoisotopic (exact) mass is 285 g/mol. The Morgan fingerprint density at radius 1 is 1.26 bits per heavy atom. The minimum Gasteiger partial charge on any atom is -0.492 e. The number of hydrogen-bond donors (Lipinski definition) is 1. The van der Waals surface area contributed by atoms with Crippen molar-refractivity contribution < 1.29 is 17.9 Å². The van der Waals surface area contributed by atoms with Gasteiger partial charge >= 0.3 is 0 Å². The van der Waals surface area contributed by atoms with E-state index in [1.165, 1.54) is 12.1 Å². The summed E-state index contributed by atoms with van der Waals surface area (Å²) in [6.45, 7) is 2.74. The van der Waals surface area contributed by atoms with Gasteiger partial charge in [-0.3, -0.25) is 4.79 Å². The molecule has 1 N–H and O–H groups in total. The van der Waals surface area contributed by atoms with Gasteiger partial charge in [-0.1, -0.05) is 6.92 Å². The van der Waals surface area contributed by atoms with E-state index in [0.717, 1.165) is 12.7 Å². The number of carbonyl (C=O) groups excluding carboxylic acids is 1. The van der Waals surface area contributed by atoms with E-state index in [1.807, 2.05) is 6.92 Å². The molecule has 0 radical (unpaired) electrons. The van der Waals surface area contributed by atoms with E-state index >= 15 is 0 Å². The van der Waals surface area contributed by atoms with Gasteiger partial charge in [0.2, 0.25) is 5.91 Å². The van der Waals surface area contributed by atoms with E-state index in [0.29, 0.717) is 25.3 Å². The van der Waals surface area contributed by atoms with Crippen molar-refractivity contribution in [2.24, 2.45) is 0 Å². The maximum atomic E-state index is 11.3. The third-order valence-corrected chi connectivity index (χ3v) is 3.55. The summed E-state index contributed by atoms with van der Waals surface area (Å²) in [4.78, 5) is 11.4. The predicted molar refractivity (Wildman–Crippen MR) is 73.0 cm³/mol. The Morgan fingerprint density at radius 3 is 2.42 bits per heavy atom. The summed E-state index contributed by atoms with van der Waals surface area (Å²) in [6, 6.07) is 6.20. The lowest BCUT2D eigenvalue weighted by Gasteiger charge is -2.08. The van der Waals surface area contributed by atoms with Crippen LogP contribution in [-0.2, 0) is 14.6 Å². The zero-order chi connectivity index (χ0) is 14.3. The molecule has 1 rings (SSSR count). The van der Waals surface area contributed by atoms with Crippen molar-refractivity contribution in [1.82, 2.24) is 5.32 Å². The Labute approximate surface area is 113 Å². The second-order valence-corrected chi connectivity index (χ2v) is 6.21. The van der Waals surface area contributed by atoms with Crippen LogP contribution in [0.1, 0.15) is 19.8 Å². The molecule has 0 fully saturated rings. The number of ether oxygens (including phenoxy) is 1. The van der Waals surface area contributed by atoms with Gasteiger partial charge in [-0.15, -0.1) is 0 Å². The molecule has 1 amide bonds. The fraction of sp³-hybridized carbons (Fsp3) is 0.462. The Kier molecular flexibility index (Phi) is 5.82. The van der Waals surface area contributed by atoms with Gasteiger partial charge in [0.05, 0.1) is 11.4 Å². The molecule has 1 aromatic carbocycles. The first-order valence-corrected chi connectivity index (χ1v) is 8.02. The number of carbonyl (C=O) groups is 1. The van der Waals surface area contributed by atoms with Gasteiger partial charge in [0.1, 0.15) is 12.4 Å². The second kappa shape index (κ2) is 7.13. The smallest absolute Gasteiger partial charge is 0.220 e. The first-order valence-electron chi connectivity index (χ1n) is 6.13. The van der Waals surface area contributed by atoms with E-state index < -0.39 is 9.84 Å². The van der Waals surface area contributed by atoms with E-state index in [1.54, 1.807) is 12.1 Å². The summed E-state index contributed by atoms with van der Waals surface area (Å²) < 4.78 is 27.9. The summed E-state index contributed by atoms with van der Waals surface area (Å²) in [6.07, 6.45) is 2.49. The maximum absolute atomic E-state index is 11.3. The van der Waals surface area contributed by atoms with Crippen molar-refractivity contribution in [3.8, 4) is 5.75 Å². The molecule has 0 saturated heterocycles. The lowest BCUT2D eigenvalue weighted by Crippen LogP contribution is -2.27.